The summed E-state index contributed by atoms with van der Waals surface area (Å²) in [5, 5.41) is 0. The summed E-state index contributed by atoms with van der Waals surface area (Å²) < 4.78 is 12.6. The lowest BCUT2D eigenvalue weighted by atomic mass is 9.85. The van der Waals surface area contributed by atoms with Crippen molar-refractivity contribution in [1.29, 1.82) is 0 Å². The van der Waals surface area contributed by atoms with Crippen molar-refractivity contribution in [3.8, 4) is 0 Å². The largest absolute Gasteiger partial charge is 0.372 e. The van der Waals surface area contributed by atoms with E-state index >= 15 is 0 Å². The zero-order chi connectivity index (χ0) is 17.1. The van der Waals surface area contributed by atoms with Gasteiger partial charge in [0.15, 0.2) is 0 Å². The van der Waals surface area contributed by atoms with Gasteiger partial charge in [-0.25, -0.2) is 4.98 Å². The Balaban J connectivity index is 1.44. The highest BCUT2D eigenvalue weighted by molar-refractivity contribution is 5.14. The van der Waals surface area contributed by atoms with Gasteiger partial charge in [0.25, 0.3) is 0 Å². The van der Waals surface area contributed by atoms with Crippen molar-refractivity contribution in [2.45, 2.75) is 51.0 Å². The summed E-state index contributed by atoms with van der Waals surface area (Å²) in [6.45, 7) is 6.40. The molecule has 3 heterocycles. The van der Waals surface area contributed by atoms with E-state index in [-0.39, 0.29) is 11.7 Å². The molecule has 1 spiro atoms. The highest BCUT2D eigenvalue weighted by Gasteiger charge is 2.47. The quantitative estimate of drug-likeness (QED) is 0.908. The van der Waals surface area contributed by atoms with Crippen LogP contribution in [0.25, 0.3) is 0 Å². The van der Waals surface area contributed by atoms with Crippen LogP contribution in [-0.2, 0) is 22.6 Å². The van der Waals surface area contributed by atoms with Crippen LogP contribution in [0.15, 0.2) is 36.7 Å². The molecule has 2 aliphatic heterocycles. The van der Waals surface area contributed by atoms with Crippen LogP contribution in [-0.4, -0.2) is 46.3 Å². The zero-order valence-corrected chi connectivity index (χ0v) is 14.9. The van der Waals surface area contributed by atoms with Gasteiger partial charge in [0.05, 0.1) is 30.3 Å². The van der Waals surface area contributed by atoms with Crippen molar-refractivity contribution in [3.63, 3.8) is 0 Å². The lowest BCUT2D eigenvalue weighted by Gasteiger charge is -2.44. The van der Waals surface area contributed by atoms with Crippen molar-refractivity contribution in [1.82, 2.24) is 14.9 Å². The van der Waals surface area contributed by atoms with Crippen molar-refractivity contribution >= 4 is 0 Å². The minimum absolute atomic E-state index is 0.0914. The second-order valence-corrected chi connectivity index (χ2v) is 7.26. The van der Waals surface area contributed by atoms with E-state index < -0.39 is 0 Å². The molecule has 2 aromatic rings. The topological polar surface area (TPSA) is 50.4 Å². The Labute approximate surface area is 149 Å². The number of aromatic amines is 1. The van der Waals surface area contributed by atoms with E-state index in [1.54, 1.807) is 6.33 Å². The molecule has 5 heteroatoms. The van der Waals surface area contributed by atoms with Crippen LogP contribution >= 0.6 is 0 Å². The smallest absolute Gasteiger partial charge is 0.0996 e. The molecule has 1 aromatic carbocycles. The maximum absolute atomic E-state index is 6.39. The Morgan fingerprint density at radius 2 is 2.20 bits per heavy atom. The number of likely N-dealkylation sites (tertiary alicyclic amines) is 1. The molecule has 134 valence electrons. The maximum Gasteiger partial charge on any atom is 0.0996 e. The predicted octanol–water partition coefficient (Wildman–Crippen LogP) is 3.06. The first kappa shape index (κ1) is 16.8. The molecule has 0 unspecified atom stereocenters. The summed E-state index contributed by atoms with van der Waals surface area (Å²) in [7, 11) is 0. The number of imidazole rings is 1. The minimum Gasteiger partial charge on any atom is -0.372 e. The molecule has 2 saturated heterocycles. The van der Waals surface area contributed by atoms with E-state index in [2.05, 4.69) is 46.1 Å². The first-order valence-corrected chi connectivity index (χ1v) is 9.26. The van der Waals surface area contributed by atoms with E-state index in [0.717, 1.165) is 56.9 Å². The van der Waals surface area contributed by atoms with Crippen LogP contribution in [0, 0.1) is 6.92 Å². The number of H-pyrrole nitrogens is 1. The summed E-state index contributed by atoms with van der Waals surface area (Å²) in [6.07, 6.45) is 5.18. The van der Waals surface area contributed by atoms with E-state index in [0.29, 0.717) is 6.61 Å². The molecule has 4 rings (SSSR count). The van der Waals surface area contributed by atoms with Crippen LogP contribution in [0.1, 0.15) is 36.2 Å². The average molecular weight is 341 g/mol. The lowest BCUT2D eigenvalue weighted by molar-refractivity contribution is -0.159. The van der Waals surface area contributed by atoms with Crippen molar-refractivity contribution in [2.24, 2.45) is 0 Å². The highest BCUT2D eigenvalue weighted by Crippen LogP contribution is 2.38. The first-order valence-electron chi connectivity index (χ1n) is 9.26. The van der Waals surface area contributed by atoms with E-state index in [1.807, 2.05) is 6.07 Å². The number of piperidine rings is 1. The molecular weight excluding hydrogens is 314 g/mol. The third-order valence-corrected chi connectivity index (χ3v) is 5.60. The molecule has 2 atom stereocenters. The van der Waals surface area contributed by atoms with Gasteiger partial charge in [-0.1, -0.05) is 30.3 Å². The molecule has 0 radical (unpaired) electrons. The lowest BCUT2D eigenvalue weighted by Crippen LogP contribution is -2.56. The molecule has 0 aliphatic carbocycles. The normalized spacial score (nSPS) is 27.2. The molecule has 1 N–H and O–H groups in total. The van der Waals surface area contributed by atoms with Gasteiger partial charge in [-0.3, -0.25) is 4.90 Å². The summed E-state index contributed by atoms with van der Waals surface area (Å²) in [5.41, 5.74) is 3.41. The van der Waals surface area contributed by atoms with Gasteiger partial charge in [0, 0.05) is 31.9 Å². The Morgan fingerprint density at radius 3 is 2.92 bits per heavy atom. The fourth-order valence-electron chi connectivity index (χ4n) is 4.05. The Kier molecular flexibility index (Phi) is 4.88. The standard InChI is InChI=1S/C20H27N3O2/c1-16-18(22-15-21-16)12-23-10-9-20(8-5-11-25-20)19(13-23)24-14-17-6-3-2-4-7-17/h2-4,6-7,15,19H,5,8-14H2,1H3,(H,21,22)/t19-,20-/m0/s1. The number of hydrogen-bond acceptors (Lipinski definition) is 4. The number of ether oxygens (including phenoxy) is 2. The van der Waals surface area contributed by atoms with Crippen LogP contribution in [0.2, 0.25) is 0 Å². The fourth-order valence-corrected chi connectivity index (χ4v) is 4.05. The number of benzene rings is 1. The van der Waals surface area contributed by atoms with Gasteiger partial charge in [-0.05, 0) is 31.7 Å². The Bertz CT molecular complexity index is 679. The molecule has 1 aromatic heterocycles. The van der Waals surface area contributed by atoms with E-state index in [4.69, 9.17) is 9.47 Å². The maximum atomic E-state index is 6.39. The number of hydrogen-bond donors (Lipinski definition) is 1. The van der Waals surface area contributed by atoms with Crippen molar-refractivity contribution in [3.05, 3.63) is 53.6 Å². The minimum atomic E-state index is -0.0914. The van der Waals surface area contributed by atoms with Gasteiger partial charge < -0.3 is 14.5 Å². The van der Waals surface area contributed by atoms with Gasteiger partial charge in [0.2, 0.25) is 0 Å². The van der Waals surface area contributed by atoms with Crippen LogP contribution in [0.3, 0.4) is 0 Å². The summed E-state index contributed by atoms with van der Waals surface area (Å²) in [6, 6.07) is 10.4. The number of rotatable bonds is 5. The van der Waals surface area contributed by atoms with Crippen LogP contribution in [0.4, 0.5) is 0 Å². The third kappa shape index (κ3) is 3.64. The highest BCUT2D eigenvalue weighted by atomic mass is 16.6. The van der Waals surface area contributed by atoms with E-state index in [9.17, 15) is 0 Å². The van der Waals surface area contributed by atoms with Crippen LogP contribution < -0.4 is 0 Å². The second-order valence-electron chi connectivity index (χ2n) is 7.26. The summed E-state index contributed by atoms with van der Waals surface area (Å²) in [4.78, 5) is 10.1. The van der Waals surface area contributed by atoms with Crippen molar-refractivity contribution in [2.75, 3.05) is 19.7 Å². The van der Waals surface area contributed by atoms with Gasteiger partial charge >= 0.3 is 0 Å². The first-order chi connectivity index (χ1) is 12.3. The molecule has 5 nitrogen and oxygen atoms in total. The summed E-state index contributed by atoms with van der Waals surface area (Å²) in [5.74, 6) is 0. The Hall–Kier alpha value is -1.69. The Morgan fingerprint density at radius 1 is 1.32 bits per heavy atom. The average Bonchev–Trinajstić information content (AvgIpc) is 3.27. The van der Waals surface area contributed by atoms with Gasteiger partial charge in [-0.2, -0.15) is 0 Å². The van der Waals surface area contributed by atoms with E-state index in [1.165, 1.54) is 5.56 Å². The van der Waals surface area contributed by atoms with Gasteiger partial charge in [-0.15, -0.1) is 0 Å². The molecule has 25 heavy (non-hydrogen) atoms. The summed E-state index contributed by atoms with van der Waals surface area (Å²) >= 11 is 0. The van der Waals surface area contributed by atoms with Crippen LogP contribution in [0.5, 0.6) is 0 Å². The fraction of sp³-hybridized carbons (Fsp3) is 0.550. The molecular formula is C20H27N3O2. The van der Waals surface area contributed by atoms with Gasteiger partial charge in [0.1, 0.15) is 0 Å². The van der Waals surface area contributed by atoms with Crippen molar-refractivity contribution < 1.29 is 9.47 Å². The number of nitrogens with zero attached hydrogens (tertiary/aromatic N) is 2. The molecule has 2 fully saturated rings. The SMILES string of the molecule is Cc1[nH]cnc1CN1CC[C@@]2(CCCO2)[C@@H](OCc2ccccc2)C1. The molecule has 0 bridgehead atoms. The third-order valence-electron chi connectivity index (χ3n) is 5.60. The number of nitrogens with one attached hydrogen (secondary N) is 1. The molecule has 0 saturated carbocycles. The monoisotopic (exact) mass is 341 g/mol. The molecule has 2 aliphatic rings. The molecule has 0 amide bonds. The number of aromatic nitrogens is 2. The predicted molar refractivity (Wildman–Crippen MR) is 96.2 cm³/mol. The second kappa shape index (κ2) is 7.28. The number of aryl methyl sites for hydroxylation is 1. The zero-order valence-electron chi connectivity index (χ0n) is 14.9.